The summed E-state index contributed by atoms with van der Waals surface area (Å²) in [4.78, 5) is 12.4. The van der Waals surface area contributed by atoms with Gasteiger partial charge in [-0.05, 0) is 54.5 Å². The van der Waals surface area contributed by atoms with Gasteiger partial charge in [0.25, 0.3) is 0 Å². The predicted molar refractivity (Wildman–Crippen MR) is 89.9 cm³/mol. The zero-order valence-electron chi connectivity index (χ0n) is 12.9. The Balaban J connectivity index is 2.01. The van der Waals surface area contributed by atoms with Crippen LogP contribution in [0, 0.1) is 0 Å². The summed E-state index contributed by atoms with van der Waals surface area (Å²) in [5.74, 6) is -0.211. The van der Waals surface area contributed by atoms with E-state index >= 15 is 0 Å². The zero-order valence-corrected chi connectivity index (χ0v) is 12.9. The number of benzene rings is 2. The molecule has 2 aromatic rings. The first-order valence-electron chi connectivity index (χ1n) is 7.81. The second-order valence-corrected chi connectivity index (χ2v) is 6.08. The Labute approximate surface area is 131 Å². The van der Waals surface area contributed by atoms with Crippen molar-refractivity contribution in [2.24, 2.45) is 5.73 Å². The van der Waals surface area contributed by atoms with Crippen molar-refractivity contribution in [3.63, 3.8) is 0 Å². The highest BCUT2D eigenvalue weighted by molar-refractivity contribution is 5.88. The number of aryl methyl sites for hydroxylation is 1. The van der Waals surface area contributed by atoms with Crippen LogP contribution >= 0.6 is 0 Å². The van der Waals surface area contributed by atoms with Crippen molar-refractivity contribution in [3.8, 4) is 0 Å². The van der Waals surface area contributed by atoms with E-state index in [0.717, 1.165) is 36.1 Å². The quantitative estimate of drug-likeness (QED) is 0.910. The van der Waals surface area contributed by atoms with E-state index in [2.05, 4.69) is 29.6 Å². The second kappa shape index (κ2) is 5.84. The summed E-state index contributed by atoms with van der Waals surface area (Å²) in [5.41, 5.74) is 9.89. The van der Waals surface area contributed by atoms with Gasteiger partial charge in [-0.1, -0.05) is 36.4 Å². The summed E-state index contributed by atoms with van der Waals surface area (Å²) in [7, 11) is 1.90. The molecule has 0 aliphatic heterocycles. The molecule has 0 fully saturated rings. The summed E-state index contributed by atoms with van der Waals surface area (Å²) in [6.45, 7) is 0. The topological polar surface area (TPSA) is 55.1 Å². The molecule has 3 rings (SSSR count). The van der Waals surface area contributed by atoms with Crippen LogP contribution in [0.4, 0.5) is 5.69 Å². The molecule has 0 radical (unpaired) electrons. The van der Waals surface area contributed by atoms with Crippen LogP contribution in [0.25, 0.3) is 0 Å². The highest BCUT2D eigenvalue weighted by atomic mass is 16.1. The van der Waals surface area contributed by atoms with Crippen LogP contribution in [0.5, 0.6) is 0 Å². The predicted octanol–water partition coefficient (Wildman–Crippen LogP) is 3.03. The standard InChI is InChI=1S/C19H22N2O/c1-21-16-10-8-14(9-11-16)13-19(18(20)22)12-4-6-15-5-2-3-7-17(15)19/h2-3,5,7-11,21H,4,6,12-13H2,1H3,(H2,20,22). The number of rotatable bonds is 4. The van der Waals surface area contributed by atoms with E-state index in [1.54, 1.807) is 0 Å². The van der Waals surface area contributed by atoms with Gasteiger partial charge in [-0.2, -0.15) is 0 Å². The third-order valence-electron chi connectivity index (χ3n) is 4.80. The van der Waals surface area contributed by atoms with Gasteiger partial charge in [0.2, 0.25) is 5.91 Å². The van der Waals surface area contributed by atoms with Gasteiger partial charge in [0, 0.05) is 12.7 Å². The van der Waals surface area contributed by atoms with Crippen LogP contribution in [0.3, 0.4) is 0 Å². The van der Waals surface area contributed by atoms with Crippen molar-refractivity contribution < 1.29 is 4.79 Å². The maximum atomic E-state index is 12.4. The molecule has 0 heterocycles. The lowest BCUT2D eigenvalue weighted by Gasteiger charge is -2.36. The number of amides is 1. The van der Waals surface area contributed by atoms with Gasteiger partial charge in [-0.15, -0.1) is 0 Å². The average molecular weight is 294 g/mol. The van der Waals surface area contributed by atoms with Crippen LogP contribution in [-0.4, -0.2) is 13.0 Å². The van der Waals surface area contributed by atoms with Gasteiger partial charge >= 0.3 is 0 Å². The Hall–Kier alpha value is -2.29. The summed E-state index contributed by atoms with van der Waals surface area (Å²) in [6.07, 6.45) is 3.54. The number of nitrogens with two attached hydrogens (primary N) is 1. The summed E-state index contributed by atoms with van der Waals surface area (Å²) in [6, 6.07) is 16.5. The van der Waals surface area contributed by atoms with E-state index < -0.39 is 5.41 Å². The highest BCUT2D eigenvalue weighted by Crippen LogP contribution is 2.40. The maximum absolute atomic E-state index is 12.4. The largest absolute Gasteiger partial charge is 0.388 e. The number of hydrogen-bond acceptors (Lipinski definition) is 2. The Morgan fingerprint density at radius 2 is 1.91 bits per heavy atom. The smallest absolute Gasteiger partial charge is 0.228 e. The summed E-state index contributed by atoms with van der Waals surface area (Å²) < 4.78 is 0. The first-order valence-corrected chi connectivity index (χ1v) is 7.81. The van der Waals surface area contributed by atoms with Crippen molar-refractivity contribution >= 4 is 11.6 Å². The van der Waals surface area contributed by atoms with Crippen LogP contribution in [-0.2, 0) is 23.1 Å². The lowest BCUT2D eigenvalue weighted by Crippen LogP contribution is -2.45. The molecule has 1 aliphatic rings. The molecule has 0 spiro atoms. The summed E-state index contributed by atoms with van der Waals surface area (Å²) in [5, 5.41) is 3.11. The molecule has 0 saturated carbocycles. The number of hydrogen-bond donors (Lipinski definition) is 2. The lowest BCUT2D eigenvalue weighted by molar-refractivity contribution is -0.124. The molecule has 3 nitrogen and oxygen atoms in total. The molecular weight excluding hydrogens is 272 g/mol. The van der Waals surface area contributed by atoms with E-state index in [1.165, 1.54) is 5.56 Å². The van der Waals surface area contributed by atoms with Gasteiger partial charge in [0.1, 0.15) is 0 Å². The molecule has 2 aromatic carbocycles. The van der Waals surface area contributed by atoms with Gasteiger partial charge < -0.3 is 11.1 Å². The first kappa shape index (κ1) is 14.6. The fourth-order valence-electron chi connectivity index (χ4n) is 3.58. The zero-order chi connectivity index (χ0) is 15.6. The van der Waals surface area contributed by atoms with E-state index in [0.29, 0.717) is 6.42 Å². The number of carbonyl (C=O) groups excluding carboxylic acids is 1. The van der Waals surface area contributed by atoms with Crippen molar-refractivity contribution in [2.75, 3.05) is 12.4 Å². The Morgan fingerprint density at radius 1 is 1.18 bits per heavy atom. The molecule has 3 heteroatoms. The van der Waals surface area contributed by atoms with Crippen LogP contribution in [0.15, 0.2) is 48.5 Å². The van der Waals surface area contributed by atoms with Gasteiger partial charge in [-0.3, -0.25) is 4.79 Å². The Kier molecular flexibility index (Phi) is 3.88. The lowest BCUT2D eigenvalue weighted by atomic mass is 9.66. The molecule has 3 N–H and O–H groups in total. The van der Waals surface area contributed by atoms with Crippen molar-refractivity contribution in [2.45, 2.75) is 31.1 Å². The van der Waals surface area contributed by atoms with E-state index in [-0.39, 0.29) is 5.91 Å². The fourth-order valence-corrected chi connectivity index (χ4v) is 3.58. The molecule has 1 atom stereocenters. The van der Waals surface area contributed by atoms with Crippen molar-refractivity contribution in [1.82, 2.24) is 0 Å². The minimum Gasteiger partial charge on any atom is -0.388 e. The number of primary amides is 1. The van der Waals surface area contributed by atoms with Crippen LogP contribution in [0.2, 0.25) is 0 Å². The maximum Gasteiger partial charge on any atom is 0.228 e. The van der Waals surface area contributed by atoms with E-state index in [4.69, 9.17) is 5.73 Å². The highest BCUT2D eigenvalue weighted by Gasteiger charge is 2.41. The Morgan fingerprint density at radius 3 is 2.59 bits per heavy atom. The minimum absolute atomic E-state index is 0.211. The Bertz CT molecular complexity index is 678. The van der Waals surface area contributed by atoms with Crippen molar-refractivity contribution in [1.29, 1.82) is 0 Å². The van der Waals surface area contributed by atoms with E-state index in [1.807, 2.05) is 31.3 Å². The summed E-state index contributed by atoms with van der Waals surface area (Å²) >= 11 is 0. The third kappa shape index (κ3) is 2.47. The SMILES string of the molecule is CNc1ccc(CC2(C(N)=O)CCCc3ccccc32)cc1. The number of anilines is 1. The molecular formula is C19H22N2O. The number of carbonyl (C=O) groups is 1. The van der Waals surface area contributed by atoms with Crippen LogP contribution < -0.4 is 11.1 Å². The molecule has 0 bridgehead atoms. The molecule has 1 amide bonds. The molecule has 114 valence electrons. The minimum atomic E-state index is -0.573. The second-order valence-electron chi connectivity index (χ2n) is 6.08. The monoisotopic (exact) mass is 294 g/mol. The normalized spacial score (nSPS) is 20.2. The average Bonchev–Trinajstić information content (AvgIpc) is 2.55. The molecule has 22 heavy (non-hydrogen) atoms. The number of nitrogens with one attached hydrogen (secondary N) is 1. The van der Waals surface area contributed by atoms with E-state index in [9.17, 15) is 4.79 Å². The number of fused-ring (bicyclic) bond motifs is 1. The fraction of sp³-hybridized carbons (Fsp3) is 0.316. The van der Waals surface area contributed by atoms with Gasteiger partial charge in [0.05, 0.1) is 5.41 Å². The molecule has 1 unspecified atom stereocenters. The van der Waals surface area contributed by atoms with Crippen LogP contribution in [0.1, 0.15) is 29.5 Å². The first-order chi connectivity index (χ1) is 10.7. The van der Waals surface area contributed by atoms with Gasteiger partial charge in [-0.25, -0.2) is 0 Å². The third-order valence-corrected chi connectivity index (χ3v) is 4.80. The molecule has 0 aromatic heterocycles. The van der Waals surface area contributed by atoms with Crippen molar-refractivity contribution in [3.05, 3.63) is 65.2 Å². The van der Waals surface area contributed by atoms with Gasteiger partial charge in [0.15, 0.2) is 0 Å². The molecule has 0 saturated heterocycles. The molecule has 1 aliphatic carbocycles.